The second-order valence-corrected chi connectivity index (χ2v) is 9.01. The second kappa shape index (κ2) is 10.4. The highest BCUT2D eigenvalue weighted by atomic mass is 16.5. The Hall–Kier alpha value is -4.50. The van der Waals surface area contributed by atoms with Crippen molar-refractivity contribution in [3.05, 3.63) is 127 Å². The van der Waals surface area contributed by atoms with Gasteiger partial charge in [-0.1, -0.05) is 97.1 Å². The van der Waals surface area contributed by atoms with Crippen LogP contribution in [0, 0.1) is 0 Å². The molecular formula is C33H29NO2. The number of nitrogens with one attached hydrogen (secondary N) is 1. The summed E-state index contributed by atoms with van der Waals surface area (Å²) in [6, 6.07) is 39.6. The van der Waals surface area contributed by atoms with Gasteiger partial charge in [-0.15, -0.1) is 0 Å². The molecule has 0 radical (unpaired) electrons. The van der Waals surface area contributed by atoms with Crippen molar-refractivity contribution in [2.75, 3.05) is 6.61 Å². The van der Waals surface area contributed by atoms with Crippen LogP contribution in [0.4, 0.5) is 0 Å². The normalized spacial score (nSPS) is 10.7. The Morgan fingerprint density at radius 1 is 0.639 bits per heavy atom. The summed E-state index contributed by atoms with van der Waals surface area (Å²) in [7, 11) is 0. The van der Waals surface area contributed by atoms with Crippen molar-refractivity contribution in [2.24, 2.45) is 0 Å². The van der Waals surface area contributed by atoms with Crippen molar-refractivity contribution in [3.8, 4) is 50.5 Å². The van der Waals surface area contributed by atoms with Crippen LogP contribution < -0.4 is 4.74 Å². The molecule has 5 rings (SSSR count). The molecule has 4 aromatic carbocycles. The maximum atomic E-state index is 10.0. The fourth-order valence-corrected chi connectivity index (χ4v) is 4.30. The van der Waals surface area contributed by atoms with Gasteiger partial charge in [-0.2, -0.15) is 0 Å². The van der Waals surface area contributed by atoms with E-state index in [2.05, 4.69) is 89.9 Å². The first-order valence-corrected chi connectivity index (χ1v) is 12.1. The fourth-order valence-electron chi connectivity index (χ4n) is 4.30. The number of hydrogen-bond donors (Lipinski definition) is 2. The van der Waals surface area contributed by atoms with E-state index in [-0.39, 0.29) is 12.4 Å². The fraction of sp³-hybridized carbons (Fsp3) is 0.0909. The summed E-state index contributed by atoms with van der Waals surface area (Å²) in [6.07, 6.45) is 0. The van der Waals surface area contributed by atoms with Gasteiger partial charge < -0.3 is 14.8 Å². The van der Waals surface area contributed by atoms with Gasteiger partial charge in [0.1, 0.15) is 18.1 Å². The SMILES string of the molecule is CC(C)=C(O)COc1cccc(-c2ccccc2-c2cc(-c3ccccc3)c(-c3ccccc3)[nH]2)c1. The zero-order valence-corrected chi connectivity index (χ0v) is 20.5. The summed E-state index contributed by atoms with van der Waals surface area (Å²) >= 11 is 0. The lowest BCUT2D eigenvalue weighted by Gasteiger charge is -2.12. The molecule has 36 heavy (non-hydrogen) atoms. The van der Waals surface area contributed by atoms with E-state index < -0.39 is 0 Å². The molecule has 0 bridgehead atoms. The number of ether oxygens (including phenoxy) is 1. The molecule has 0 amide bonds. The zero-order valence-electron chi connectivity index (χ0n) is 20.5. The van der Waals surface area contributed by atoms with E-state index in [4.69, 9.17) is 4.74 Å². The van der Waals surface area contributed by atoms with Gasteiger partial charge in [0.15, 0.2) is 0 Å². The van der Waals surface area contributed by atoms with Gasteiger partial charge >= 0.3 is 0 Å². The number of allylic oxidation sites excluding steroid dienone is 1. The third-order valence-electron chi connectivity index (χ3n) is 6.28. The molecule has 0 fully saturated rings. The number of aliphatic hydroxyl groups is 1. The second-order valence-electron chi connectivity index (χ2n) is 9.01. The molecule has 178 valence electrons. The highest BCUT2D eigenvalue weighted by molar-refractivity contribution is 5.90. The van der Waals surface area contributed by atoms with E-state index >= 15 is 0 Å². The maximum absolute atomic E-state index is 10.0. The highest BCUT2D eigenvalue weighted by Crippen LogP contribution is 2.39. The molecule has 0 atom stereocenters. The van der Waals surface area contributed by atoms with Gasteiger partial charge in [-0.25, -0.2) is 0 Å². The van der Waals surface area contributed by atoms with Crippen molar-refractivity contribution in [1.29, 1.82) is 0 Å². The van der Waals surface area contributed by atoms with Crippen molar-refractivity contribution in [1.82, 2.24) is 4.98 Å². The van der Waals surface area contributed by atoms with E-state index in [9.17, 15) is 5.11 Å². The van der Waals surface area contributed by atoms with E-state index in [1.807, 2.05) is 44.2 Å². The van der Waals surface area contributed by atoms with Crippen LogP contribution in [0.1, 0.15) is 13.8 Å². The smallest absolute Gasteiger partial charge is 0.145 e. The summed E-state index contributed by atoms with van der Waals surface area (Å²) in [4.78, 5) is 3.72. The molecule has 0 aliphatic carbocycles. The molecule has 3 heteroatoms. The minimum Gasteiger partial charge on any atom is -0.509 e. The summed E-state index contributed by atoms with van der Waals surface area (Å²) in [5.41, 5.74) is 9.76. The summed E-state index contributed by atoms with van der Waals surface area (Å²) in [6.45, 7) is 3.90. The molecule has 0 unspecified atom stereocenters. The van der Waals surface area contributed by atoms with Crippen LogP contribution in [-0.4, -0.2) is 16.7 Å². The average Bonchev–Trinajstić information content (AvgIpc) is 3.38. The van der Waals surface area contributed by atoms with Gasteiger partial charge in [-0.05, 0) is 59.9 Å². The molecule has 0 spiro atoms. The molecule has 1 aromatic heterocycles. The van der Waals surface area contributed by atoms with E-state index in [0.717, 1.165) is 45.0 Å². The minimum absolute atomic E-state index is 0.158. The van der Waals surface area contributed by atoms with Crippen LogP contribution in [0.2, 0.25) is 0 Å². The molecule has 5 aromatic rings. The Balaban J connectivity index is 1.58. The van der Waals surface area contributed by atoms with Gasteiger partial charge in [0.05, 0.1) is 5.69 Å². The van der Waals surface area contributed by atoms with Crippen LogP contribution in [-0.2, 0) is 0 Å². The topological polar surface area (TPSA) is 45.2 Å². The first-order chi connectivity index (χ1) is 17.6. The molecular weight excluding hydrogens is 442 g/mol. The van der Waals surface area contributed by atoms with Crippen LogP contribution in [0.25, 0.3) is 44.8 Å². The lowest BCUT2D eigenvalue weighted by molar-refractivity contribution is 0.267. The van der Waals surface area contributed by atoms with Crippen molar-refractivity contribution >= 4 is 0 Å². The summed E-state index contributed by atoms with van der Waals surface area (Å²) in [5.74, 6) is 0.977. The van der Waals surface area contributed by atoms with Crippen LogP contribution in [0.15, 0.2) is 127 Å². The Bertz CT molecular complexity index is 1440. The van der Waals surface area contributed by atoms with Crippen LogP contribution >= 0.6 is 0 Å². The predicted molar refractivity (Wildman–Crippen MR) is 149 cm³/mol. The molecule has 0 aliphatic rings. The lowest BCUT2D eigenvalue weighted by atomic mass is 9.96. The third-order valence-corrected chi connectivity index (χ3v) is 6.28. The van der Waals surface area contributed by atoms with E-state index in [1.54, 1.807) is 0 Å². The van der Waals surface area contributed by atoms with Crippen LogP contribution in [0.3, 0.4) is 0 Å². The molecule has 0 aliphatic heterocycles. The molecule has 0 saturated heterocycles. The lowest BCUT2D eigenvalue weighted by Crippen LogP contribution is -2.02. The van der Waals surface area contributed by atoms with E-state index in [1.165, 1.54) is 11.1 Å². The summed E-state index contributed by atoms with van der Waals surface area (Å²) < 4.78 is 5.86. The van der Waals surface area contributed by atoms with Crippen molar-refractivity contribution < 1.29 is 9.84 Å². The maximum Gasteiger partial charge on any atom is 0.145 e. The minimum atomic E-state index is 0.158. The van der Waals surface area contributed by atoms with Crippen LogP contribution in [0.5, 0.6) is 5.75 Å². The van der Waals surface area contributed by atoms with Gasteiger partial charge in [-0.3, -0.25) is 0 Å². The Kier molecular flexibility index (Phi) is 6.72. The Labute approximate surface area is 212 Å². The quantitative estimate of drug-likeness (QED) is 0.233. The monoisotopic (exact) mass is 471 g/mol. The average molecular weight is 472 g/mol. The Morgan fingerprint density at radius 2 is 1.25 bits per heavy atom. The van der Waals surface area contributed by atoms with Gasteiger partial charge in [0, 0.05) is 16.8 Å². The third kappa shape index (κ3) is 4.96. The Morgan fingerprint density at radius 3 is 1.94 bits per heavy atom. The summed E-state index contributed by atoms with van der Waals surface area (Å²) in [5, 5.41) is 10.0. The van der Waals surface area contributed by atoms with E-state index in [0.29, 0.717) is 0 Å². The molecule has 1 heterocycles. The number of aliphatic hydroxyl groups excluding tert-OH is 1. The first kappa shape index (κ1) is 23.3. The predicted octanol–water partition coefficient (Wildman–Crippen LogP) is 8.91. The number of benzene rings is 4. The van der Waals surface area contributed by atoms with Crippen molar-refractivity contribution in [2.45, 2.75) is 13.8 Å². The molecule has 2 N–H and O–H groups in total. The first-order valence-electron chi connectivity index (χ1n) is 12.1. The standard InChI is InChI=1S/C33H29NO2/c1-23(2)32(35)22-36-27-17-11-16-26(20-27)28-18-9-10-19-29(28)31-21-30(24-12-5-3-6-13-24)33(34-31)25-14-7-4-8-15-25/h3-21,34-35H,22H2,1-2H3. The molecule has 3 nitrogen and oxygen atoms in total. The number of hydrogen-bond acceptors (Lipinski definition) is 2. The molecule has 0 saturated carbocycles. The number of aromatic nitrogens is 1. The number of aromatic amines is 1. The van der Waals surface area contributed by atoms with Gasteiger partial charge in [0.2, 0.25) is 0 Å². The largest absolute Gasteiger partial charge is 0.509 e. The number of H-pyrrole nitrogens is 1. The highest BCUT2D eigenvalue weighted by Gasteiger charge is 2.16. The zero-order chi connectivity index (χ0) is 24.9. The van der Waals surface area contributed by atoms with Crippen molar-refractivity contribution in [3.63, 3.8) is 0 Å². The van der Waals surface area contributed by atoms with Gasteiger partial charge in [0.25, 0.3) is 0 Å². The number of rotatable bonds is 7.